The maximum atomic E-state index is 9.10. The molecule has 0 spiro atoms. The Morgan fingerprint density at radius 1 is 1.32 bits per heavy atom. The van der Waals surface area contributed by atoms with Gasteiger partial charge in [0.1, 0.15) is 16.6 Å². The number of rotatable bonds is 4. The molecular weight excluding hydrogens is 256 g/mol. The predicted octanol–water partition coefficient (Wildman–Crippen LogP) is 3.24. The maximum Gasteiger partial charge on any atom is 0.135 e. The standard InChI is InChI=1S/C14H14N4S/c1-10-3-5-13(6-4-10)18-16-8-12(7-15)14-17-11(2)9-19-14/h3-6,8-9,16,18H,1-2H3/b12-8+. The molecule has 0 saturated carbocycles. The van der Waals surface area contributed by atoms with E-state index < -0.39 is 0 Å². The van der Waals surface area contributed by atoms with Gasteiger partial charge in [0.25, 0.3) is 0 Å². The maximum absolute atomic E-state index is 9.10. The number of aryl methyl sites for hydroxylation is 2. The van der Waals surface area contributed by atoms with Crippen LogP contribution < -0.4 is 10.9 Å². The number of nitriles is 1. The lowest BCUT2D eigenvalue weighted by Crippen LogP contribution is -2.14. The second-order valence-electron chi connectivity index (χ2n) is 4.10. The lowest BCUT2D eigenvalue weighted by molar-refractivity contribution is 1.06. The molecule has 0 aliphatic carbocycles. The van der Waals surface area contributed by atoms with Gasteiger partial charge in [-0.1, -0.05) is 17.7 Å². The fraction of sp³-hybridized carbons (Fsp3) is 0.143. The van der Waals surface area contributed by atoms with Gasteiger partial charge >= 0.3 is 0 Å². The third-order valence-corrected chi connectivity index (χ3v) is 3.45. The van der Waals surface area contributed by atoms with Crippen molar-refractivity contribution >= 4 is 22.6 Å². The summed E-state index contributed by atoms with van der Waals surface area (Å²) in [5, 5.41) is 11.7. The Labute approximate surface area is 116 Å². The van der Waals surface area contributed by atoms with Crippen LogP contribution in [0.1, 0.15) is 16.3 Å². The van der Waals surface area contributed by atoms with Crippen molar-refractivity contribution in [2.75, 3.05) is 5.43 Å². The quantitative estimate of drug-likeness (QED) is 0.661. The molecule has 1 aromatic heterocycles. The summed E-state index contributed by atoms with van der Waals surface area (Å²) in [4.78, 5) is 4.28. The Balaban J connectivity index is 2.01. The molecule has 0 unspecified atom stereocenters. The van der Waals surface area contributed by atoms with Crippen molar-refractivity contribution in [3.05, 3.63) is 52.1 Å². The van der Waals surface area contributed by atoms with Gasteiger partial charge in [-0.25, -0.2) is 4.98 Å². The van der Waals surface area contributed by atoms with Crippen molar-refractivity contribution in [1.29, 1.82) is 5.26 Å². The molecule has 0 bridgehead atoms. The highest BCUT2D eigenvalue weighted by Gasteiger charge is 2.04. The molecule has 1 heterocycles. The number of hydrazine groups is 1. The summed E-state index contributed by atoms with van der Waals surface area (Å²) < 4.78 is 0. The van der Waals surface area contributed by atoms with E-state index in [0.29, 0.717) is 5.57 Å². The number of aromatic nitrogens is 1. The smallest absolute Gasteiger partial charge is 0.135 e. The van der Waals surface area contributed by atoms with E-state index in [-0.39, 0.29) is 0 Å². The Hall–Kier alpha value is -2.32. The van der Waals surface area contributed by atoms with Crippen molar-refractivity contribution in [3.63, 3.8) is 0 Å². The van der Waals surface area contributed by atoms with Gasteiger partial charge < -0.3 is 10.9 Å². The normalized spacial score (nSPS) is 10.9. The molecule has 0 fully saturated rings. The zero-order valence-corrected chi connectivity index (χ0v) is 11.6. The molecule has 0 aliphatic rings. The fourth-order valence-corrected chi connectivity index (χ4v) is 2.21. The van der Waals surface area contributed by atoms with E-state index in [1.165, 1.54) is 16.9 Å². The molecule has 2 aromatic rings. The number of allylic oxidation sites excluding steroid dienone is 1. The molecule has 0 radical (unpaired) electrons. The minimum absolute atomic E-state index is 0.512. The van der Waals surface area contributed by atoms with Crippen LogP contribution in [0.25, 0.3) is 5.57 Å². The fourth-order valence-electron chi connectivity index (χ4n) is 1.45. The van der Waals surface area contributed by atoms with E-state index in [2.05, 4.69) is 21.9 Å². The molecular formula is C14H14N4S. The Morgan fingerprint density at radius 3 is 2.63 bits per heavy atom. The number of anilines is 1. The second-order valence-corrected chi connectivity index (χ2v) is 4.96. The summed E-state index contributed by atoms with van der Waals surface area (Å²) in [6, 6.07) is 10.1. The minimum atomic E-state index is 0.512. The number of nitrogens with one attached hydrogen (secondary N) is 2. The lowest BCUT2D eigenvalue weighted by Gasteiger charge is -2.06. The highest BCUT2D eigenvalue weighted by Crippen LogP contribution is 2.17. The first-order valence-corrected chi connectivity index (χ1v) is 6.68. The van der Waals surface area contributed by atoms with Crippen LogP contribution >= 0.6 is 11.3 Å². The number of benzene rings is 1. The predicted molar refractivity (Wildman–Crippen MR) is 78.4 cm³/mol. The van der Waals surface area contributed by atoms with Crippen LogP contribution in [0.3, 0.4) is 0 Å². The van der Waals surface area contributed by atoms with E-state index >= 15 is 0 Å². The molecule has 0 amide bonds. The SMILES string of the molecule is Cc1ccc(NN/C=C(\C#N)c2nc(C)cs2)cc1. The molecule has 1 aromatic carbocycles. The molecule has 0 saturated heterocycles. The van der Waals surface area contributed by atoms with Gasteiger partial charge in [0.2, 0.25) is 0 Å². The van der Waals surface area contributed by atoms with Crippen LogP contribution in [0.4, 0.5) is 5.69 Å². The molecule has 0 atom stereocenters. The zero-order chi connectivity index (χ0) is 13.7. The molecule has 5 heteroatoms. The highest BCUT2D eigenvalue weighted by atomic mass is 32.1. The van der Waals surface area contributed by atoms with Gasteiger partial charge in [0, 0.05) is 17.3 Å². The summed E-state index contributed by atoms with van der Waals surface area (Å²) in [6.45, 7) is 3.95. The van der Waals surface area contributed by atoms with Crippen LogP contribution in [0.5, 0.6) is 0 Å². The van der Waals surface area contributed by atoms with Crippen molar-refractivity contribution in [3.8, 4) is 6.07 Å². The zero-order valence-electron chi connectivity index (χ0n) is 10.8. The summed E-state index contributed by atoms with van der Waals surface area (Å²) in [5.74, 6) is 0. The number of hydrogen-bond acceptors (Lipinski definition) is 5. The van der Waals surface area contributed by atoms with Gasteiger partial charge in [-0.3, -0.25) is 0 Å². The van der Waals surface area contributed by atoms with Gasteiger partial charge in [-0.2, -0.15) is 5.26 Å². The van der Waals surface area contributed by atoms with Crippen molar-refractivity contribution in [2.45, 2.75) is 13.8 Å². The summed E-state index contributed by atoms with van der Waals surface area (Å²) >= 11 is 1.46. The largest absolute Gasteiger partial charge is 0.307 e. The molecule has 96 valence electrons. The third-order valence-electron chi connectivity index (χ3n) is 2.45. The van der Waals surface area contributed by atoms with E-state index in [1.54, 1.807) is 6.20 Å². The lowest BCUT2D eigenvalue weighted by atomic mass is 10.2. The van der Waals surface area contributed by atoms with Crippen molar-refractivity contribution < 1.29 is 0 Å². The highest BCUT2D eigenvalue weighted by molar-refractivity contribution is 7.10. The van der Waals surface area contributed by atoms with E-state index in [4.69, 9.17) is 5.26 Å². The molecule has 2 rings (SSSR count). The molecule has 4 nitrogen and oxygen atoms in total. The first kappa shape index (κ1) is 13.1. The topological polar surface area (TPSA) is 60.7 Å². The van der Waals surface area contributed by atoms with Gasteiger partial charge in [-0.15, -0.1) is 11.3 Å². The number of nitrogens with zero attached hydrogens (tertiary/aromatic N) is 2. The van der Waals surface area contributed by atoms with Crippen LogP contribution in [0.2, 0.25) is 0 Å². The Morgan fingerprint density at radius 2 is 2.05 bits per heavy atom. The molecule has 19 heavy (non-hydrogen) atoms. The third kappa shape index (κ3) is 3.57. The van der Waals surface area contributed by atoms with Crippen LogP contribution in [0.15, 0.2) is 35.8 Å². The average molecular weight is 270 g/mol. The Kier molecular flexibility index (Phi) is 4.16. The van der Waals surface area contributed by atoms with Gasteiger partial charge in [0.05, 0.1) is 5.69 Å². The first-order valence-electron chi connectivity index (χ1n) is 5.80. The number of thiazole rings is 1. The van der Waals surface area contributed by atoms with Crippen molar-refractivity contribution in [2.24, 2.45) is 0 Å². The van der Waals surface area contributed by atoms with Crippen LogP contribution in [0, 0.1) is 25.2 Å². The van der Waals surface area contributed by atoms with Crippen LogP contribution in [-0.4, -0.2) is 4.98 Å². The first-order chi connectivity index (χ1) is 9.19. The Bertz CT molecular complexity index is 620. The van der Waals surface area contributed by atoms with E-state index in [9.17, 15) is 0 Å². The second kappa shape index (κ2) is 6.03. The molecule has 0 aliphatic heterocycles. The average Bonchev–Trinajstić information content (AvgIpc) is 2.83. The molecule has 2 N–H and O–H groups in total. The summed E-state index contributed by atoms with van der Waals surface area (Å²) in [7, 11) is 0. The van der Waals surface area contributed by atoms with Gasteiger partial charge in [0.15, 0.2) is 0 Å². The van der Waals surface area contributed by atoms with Crippen LogP contribution in [-0.2, 0) is 0 Å². The monoisotopic (exact) mass is 270 g/mol. The van der Waals surface area contributed by atoms with Crippen molar-refractivity contribution in [1.82, 2.24) is 10.4 Å². The summed E-state index contributed by atoms with van der Waals surface area (Å²) in [5.41, 5.74) is 9.51. The van der Waals surface area contributed by atoms with Gasteiger partial charge in [-0.05, 0) is 26.0 Å². The summed E-state index contributed by atoms with van der Waals surface area (Å²) in [6.07, 6.45) is 1.62. The van der Waals surface area contributed by atoms with E-state index in [0.717, 1.165) is 16.4 Å². The number of hydrogen-bond donors (Lipinski definition) is 2. The minimum Gasteiger partial charge on any atom is -0.307 e. The van der Waals surface area contributed by atoms with E-state index in [1.807, 2.05) is 43.5 Å².